The molecule has 0 aromatic heterocycles. The van der Waals surface area contributed by atoms with Gasteiger partial charge < -0.3 is 14.2 Å². The average molecular weight is 510 g/mol. The van der Waals surface area contributed by atoms with Crippen LogP contribution in [0.25, 0.3) is 6.08 Å². The minimum absolute atomic E-state index is 0.101. The molecular formula is C26H20ClNO6S. The second-order valence-corrected chi connectivity index (χ2v) is 8.64. The van der Waals surface area contributed by atoms with Gasteiger partial charge in [-0.05, 0) is 48.2 Å². The molecule has 0 spiro atoms. The summed E-state index contributed by atoms with van der Waals surface area (Å²) >= 11 is 6.93. The van der Waals surface area contributed by atoms with Crippen LogP contribution in [0.5, 0.6) is 17.2 Å². The van der Waals surface area contributed by atoms with E-state index in [1.165, 1.54) is 13.2 Å². The molecule has 0 aliphatic carbocycles. The molecule has 1 heterocycles. The normalized spacial score (nSPS) is 14.3. The van der Waals surface area contributed by atoms with E-state index in [1.54, 1.807) is 54.6 Å². The minimum Gasteiger partial charge on any atom is -0.493 e. The molecular weight excluding hydrogens is 490 g/mol. The number of ether oxygens (including phenoxy) is 3. The third kappa shape index (κ3) is 5.67. The zero-order chi connectivity index (χ0) is 24.8. The summed E-state index contributed by atoms with van der Waals surface area (Å²) < 4.78 is 16.6. The number of thioether (sulfide) groups is 1. The van der Waals surface area contributed by atoms with Crippen molar-refractivity contribution < 1.29 is 28.6 Å². The predicted octanol–water partition coefficient (Wildman–Crippen LogP) is 5.68. The molecule has 0 unspecified atom stereocenters. The van der Waals surface area contributed by atoms with Gasteiger partial charge >= 0.3 is 5.97 Å². The van der Waals surface area contributed by atoms with Crippen LogP contribution in [0, 0.1) is 0 Å². The first-order valence-electron chi connectivity index (χ1n) is 10.5. The van der Waals surface area contributed by atoms with Crippen molar-refractivity contribution in [2.24, 2.45) is 0 Å². The second-order valence-electron chi connectivity index (χ2n) is 7.24. The first kappa shape index (κ1) is 24.4. The van der Waals surface area contributed by atoms with Crippen molar-refractivity contribution in [1.29, 1.82) is 0 Å². The van der Waals surface area contributed by atoms with Crippen LogP contribution in [-0.2, 0) is 4.79 Å². The van der Waals surface area contributed by atoms with Gasteiger partial charge in [0.15, 0.2) is 11.5 Å². The van der Waals surface area contributed by atoms with Gasteiger partial charge in [0.1, 0.15) is 12.4 Å². The Bertz CT molecular complexity index is 1290. The Kier molecular flexibility index (Phi) is 7.74. The van der Waals surface area contributed by atoms with Gasteiger partial charge in [-0.25, -0.2) is 4.79 Å². The van der Waals surface area contributed by atoms with Crippen LogP contribution >= 0.6 is 23.4 Å². The first-order chi connectivity index (χ1) is 17.0. The number of rotatable bonds is 8. The van der Waals surface area contributed by atoms with Gasteiger partial charge in [-0.3, -0.25) is 14.5 Å². The number of halogens is 1. The molecule has 4 rings (SSSR count). The summed E-state index contributed by atoms with van der Waals surface area (Å²) in [6, 6.07) is 20.6. The zero-order valence-electron chi connectivity index (χ0n) is 18.6. The first-order valence-corrected chi connectivity index (χ1v) is 11.7. The number of imide groups is 1. The standard InChI is InChI=1S/C26H20ClNO6S/c1-32-21-13-7-8-17(23(21)34-25(30)19-11-5-6-12-20(19)27)16-22-24(29)28(26(31)35-22)14-15-33-18-9-3-2-4-10-18/h2-13,16H,14-15H2,1H3/b22-16-. The highest BCUT2D eigenvalue weighted by molar-refractivity contribution is 8.18. The van der Waals surface area contributed by atoms with E-state index in [0.29, 0.717) is 11.3 Å². The van der Waals surface area contributed by atoms with Crippen LogP contribution in [-0.4, -0.2) is 42.3 Å². The lowest BCUT2D eigenvalue weighted by atomic mass is 10.1. The Morgan fingerprint density at radius 1 is 1.00 bits per heavy atom. The van der Waals surface area contributed by atoms with Crippen LogP contribution in [0.1, 0.15) is 15.9 Å². The summed E-state index contributed by atoms with van der Waals surface area (Å²) in [5.41, 5.74) is 0.584. The van der Waals surface area contributed by atoms with Crippen molar-refractivity contribution in [3.63, 3.8) is 0 Å². The Labute approximate surface area is 211 Å². The summed E-state index contributed by atoms with van der Waals surface area (Å²) in [4.78, 5) is 39.5. The van der Waals surface area contributed by atoms with Gasteiger partial charge in [0.05, 0.1) is 29.1 Å². The van der Waals surface area contributed by atoms with E-state index in [-0.39, 0.29) is 40.1 Å². The van der Waals surface area contributed by atoms with E-state index in [1.807, 2.05) is 18.2 Å². The maximum atomic E-state index is 12.9. The largest absolute Gasteiger partial charge is 0.493 e. The maximum Gasteiger partial charge on any atom is 0.345 e. The molecule has 3 aromatic rings. The van der Waals surface area contributed by atoms with Gasteiger partial charge in [0, 0.05) is 5.56 Å². The molecule has 9 heteroatoms. The van der Waals surface area contributed by atoms with Crippen molar-refractivity contribution in [1.82, 2.24) is 4.90 Å². The minimum atomic E-state index is -0.680. The second kappa shape index (κ2) is 11.1. The Morgan fingerprint density at radius 2 is 1.74 bits per heavy atom. The predicted molar refractivity (Wildman–Crippen MR) is 134 cm³/mol. The monoisotopic (exact) mass is 509 g/mol. The number of nitrogens with zero attached hydrogens (tertiary/aromatic N) is 1. The van der Waals surface area contributed by atoms with Crippen LogP contribution < -0.4 is 14.2 Å². The summed E-state index contributed by atoms with van der Waals surface area (Å²) in [6.07, 6.45) is 1.50. The van der Waals surface area contributed by atoms with Crippen molar-refractivity contribution in [2.75, 3.05) is 20.3 Å². The number of benzene rings is 3. The molecule has 0 radical (unpaired) electrons. The topological polar surface area (TPSA) is 82.1 Å². The fourth-order valence-electron chi connectivity index (χ4n) is 3.30. The summed E-state index contributed by atoms with van der Waals surface area (Å²) in [5.74, 6) is -0.0890. The molecule has 2 amide bonds. The lowest BCUT2D eigenvalue weighted by molar-refractivity contribution is -0.123. The van der Waals surface area contributed by atoms with E-state index in [0.717, 1.165) is 16.7 Å². The van der Waals surface area contributed by atoms with Gasteiger partial charge in [0.25, 0.3) is 11.1 Å². The van der Waals surface area contributed by atoms with Crippen LogP contribution in [0.4, 0.5) is 4.79 Å². The van der Waals surface area contributed by atoms with E-state index < -0.39 is 17.1 Å². The Balaban J connectivity index is 1.53. The van der Waals surface area contributed by atoms with Crippen LogP contribution in [0.2, 0.25) is 5.02 Å². The maximum absolute atomic E-state index is 12.9. The molecule has 0 atom stereocenters. The quantitative estimate of drug-likeness (QED) is 0.219. The summed E-state index contributed by atoms with van der Waals surface area (Å²) in [5, 5.41) is -0.164. The summed E-state index contributed by atoms with van der Waals surface area (Å²) in [7, 11) is 1.44. The van der Waals surface area contributed by atoms with Crippen LogP contribution in [0.15, 0.2) is 77.7 Å². The van der Waals surface area contributed by atoms with Crippen LogP contribution in [0.3, 0.4) is 0 Å². The number of carbonyl (C=O) groups is 3. The van der Waals surface area contributed by atoms with Gasteiger partial charge in [-0.2, -0.15) is 0 Å². The number of hydrogen-bond acceptors (Lipinski definition) is 7. The molecule has 178 valence electrons. The smallest absolute Gasteiger partial charge is 0.345 e. The highest BCUT2D eigenvalue weighted by Gasteiger charge is 2.35. The highest BCUT2D eigenvalue weighted by Crippen LogP contribution is 2.38. The number of para-hydroxylation sites is 2. The SMILES string of the molecule is COc1cccc(/C=C2\SC(=O)N(CCOc3ccccc3)C2=O)c1OC(=O)c1ccccc1Cl. The van der Waals surface area contributed by atoms with Gasteiger partial charge in [0.2, 0.25) is 0 Å². The lowest BCUT2D eigenvalue weighted by Gasteiger charge is -2.14. The van der Waals surface area contributed by atoms with Gasteiger partial charge in [-0.15, -0.1) is 0 Å². The molecule has 1 aliphatic heterocycles. The number of amides is 2. The Hall–Kier alpha value is -3.75. The molecule has 0 N–H and O–H groups in total. The third-order valence-corrected chi connectivity index (χ3v) is 6.24. The molecule has 0 bridgehead atoms. The molecule has 7 nitrogen and oxygen atoms in total. The zero-order valence-corrected chi connectivity index (χ0v) is 20.2. The van der Waals surface area contributed by atoms with E-state index in [4.69, 9.17) is 25.8 Å². The van der Waals surface area contributed by atoms with E-state index in [9.17, 15) is 14.4 Å². The van der Waals surface area contributed by atoms with Crippen molar-refractivity contribution in [3.8, 4) is 17.2 Å². The molecule has 35 heavy (non-hydrogen) atoms. The molecule has 0 saturated carbocycles. The van der Waals surface area contributed by atoms with Gasteiger partial charge in [-0.1, -0.05) is 54.1 Å². The van der Waals surface area contributed by atoms with Crippen molar-refractivity contribution >= 4 is 46.6 Å². The van der Waals surface area contributed by atoms with Crippen molar-refractivity contribution in [3.05, 3.63) is 93.9 Å². The number of methoxy groups -OCH3 is 1. The number of hydrogen-bond donors (Lipinski definition) is 0. The highest BCUT2D eigenvalue weighted by atomic mass is 35.5. The molecule has 1 aliphatic rings. The summed E-state index contributed by atoms with van der Waals surface area (Å²) in [6.45, 7) is 0.262. The average Bonchev–Trinajstić information content (AvgIpc) is 3.13. The van der Waals surface area contributed by atoms with E-state index in [2.05, 4.69) is 0 Å². The number of carbonyl (C=O) groups excluding carboxylic acids is 3. The molecule has 1 fully saturated rings. The third-order valence-electron chi connectivity index (χ3n) is 5.00. The molecule has 3 aromatic carbocycles. The Morgan fingerprint density at radius 3 is 2.49 bits per heavy atom. The van der Waals surface area contributed by atoms with E-state index >= 15 is 0 Å². The fourth-order valence-corrected chi connectivity index (χ4v) is 4.37. The molecule has 1 saturated heterocycles. The lowest BCUT2D eigenvalue weighted by Crippen LogP contribution is -2.32. The van der Waals surface area contributed by atoms with Crippen molar-refractivity contribution in [2.45, 2.75) is 0 Å². The number of esters is 1. The fraction of sp³-hybridized carbons (Fsp3) is 0.115.